The Kier molecular flexibility index (Phi) is 4.73. The van der Waals surface area contributed by atoms with E-state index in [1.165, 1.54) is 6.26 Å². The summed E-state index contributed by atoms with van der Waals surface area (Å²) in [6.45, 7) is 5.76. The lowest BCUT2D eigenvalue weighted by Crippen LogP contribution is -2.37. The van der Waals surface area contributed by atoms with Crippen LogP contribution in [0, 0.1) is 0 Å². The van der Waals surface area contributed by atoms with Crippen LogP contribution in [0.3, 0.4) is 0 Å². The minimum Gasteiger partial charge on any atom is -0.308 e. The van der Waals surface area contributed by atoms with Gasteiger partial charge in [0.25, 0.3) is 0 Å². The summed E-state index contributed by atoms with van der Waals surface area (Å²) in [5.74, 6) is 2.35. The van der Waals surface area contributed by atoms with Gasteiger partial charge in [-0.15, -0.1) is 0 Å². The van der Waals surface area contributed by atoms with Crippen molar-refractivity contribution in [2.45, 2.75) is 56.6 Å². The Bertz CT molecular complexity index is 810. The van der Waals surface area contributed by atoms with Gasteiger partial charge in [0.05, 0.1) is 11.4 Å². The summed E-state index contributed by atoms with van der Waals surface area (Å²) in [7, 11) is -3.13. The van der Waals surface area contributed by atoms with E-state index in [4.69, 9.17) is 0 Å². The SMILES string of the molecule is CC(C)c1nc2n(n1)C[C@@H](NCc1ccc(S(C)(=O)=O)cc1)CC2. The summed E-state index contributed by atoms with van der Waals surface area (Å²) < 4.78 is 25.0. The van der Waals surface area contributed by atoms with Gasteiger partial charge in [0.1, 0.15) is 5.82 Å². The molecule has 1 atom stereocenters. The molecule has 0 fully saturated rings. The average Bonchev–Trinajstić information content (AvgIpc) is 2.96. The molecule has 1 aliphatic heterocycles. The van der Waals surface area contributed by atoms with Crippen LogP contribution in [-0.2, 0) is 29.3 Å². The Labute approximate surface area is 143 Å². The lowest BCUT2D eigenvalue weighted by atomic mass is 10.1. The zero-order chi connectivity index (χ0) is 17.3. The highest BCUT2D eigenvalue weighted by Crippen LogP contribution is 2.17. The molecule has 1 aliphatic rings. The van der Waals surface area contributed by atoms with Crippen LogP contribution in [0.5, 0.6) is 0 Å². The molecule has 0 saturated carbocycles. The Morgan fingerprint density at radius 1 is 1.29 bits per heavy atom. The van der Waals surface area contributed by atoms with Gasteiger partial charge in [-0.1, -0.05) is 26.0 Å². The molecule has 2 aromatic rings. The highest BCUT2D eigenvalue weighted by atomic mass is 32.2. The molecule has 0 amide bonds. The van der Waals surface area contributed by atoms with Crippen molar-refractivity contribution >= 4 is 9.84 Å². The van der Waals surface area contributed by atoms with E-state index in [1.54, 1.807) is 12.1 Å². The number of hydrogen-bond donors (Lipinski definition) is 1. The number of fused-ring (bicyclic) bond motifs is 1. The number of sulfone groups is 1. The second kappa shape index (κ2) is 6.64. The predicted octanol–water partition coefficient (Wildman–Crippen LogP) is 1.91. The molecule has 6 nitrogen and oxygen atoms in total. The smallest absolute Gasteiger partial charge is 0.175 e. The second-order valence-electron chi connectivity index (χ2n) is 6.76. The zero-order valence-electron chi connectivity index (χ0n) is 14.4. The van der Waals surface area contributed by atoms with E-state index >= 15 is 0 Å². The first-order valence-corrected chi connectivity index (χ1v) is 10.2. The molecule has 0 aliphatic carbocycles. The minimum atomic E-state index is -3.13. The lowest BCUT2D eigenvalue weighted by Gasteiger charge is -2.23. The number of nitrogens with one attached hydrogen (secondary N) is 1. The first kappa shape index (κ1) is 17.1. The Hall–Kier alpha value is -1.73. The van der Waals surface area contributed by atoms with Crippen molar-refractivity contribution < 1.29 is 8.42 Å². The fraction of sp³-hybridized carbons (Fsp3) is 0.529. The summed E-state index contributed by atoms with van der Waals surface area (Å²) >= 11 is 0. The van der Waals surface area contributed by atoms with Crippen molar-refractivity contribution in [3.63, 3.8) is 0 Å². The van der Waals surface area contributed by atoms with E-state index in [2.05, 4.69) is 29.2 Å². The van der Waals surface area contributed by atoms with Crippen LogP contribution >= 0.6 is 0 Å². The molecule has 7 heteroatoms. The van der Waals surface area contributed by atoms with Gasteiger partial charge in [0.2, 0.25) is 0 Å². The summed E-state index contributed by atoms with van der Waals surface area (Å²) in [6, 6.07) is 7.41. The molecule has 3 rings (SSSR count). The van der Waals surface area contributed by atoms with E-state index in [0.29, 0.717) is 16.9 Å². The molecule has 1 aromatic carbocycles. The number of benzene rings is 1. The maximum atomic E-state index is 11.5. The number of nitrogens with zero attached hydrogens (tertiary/aromatic N) is 3. The summed E-state index contributed by atoms with van der Waals surface area (Å²) in [5, 5.41) is 8.13. The second-order valence-corrected chi connectivity index (χ2v) is 8.77. The van der Waals surface area contributed by atoms with E-state index < -0.39 is 9.84 Å². The molecule has 130 valence electrons. The largest absolute Gasteiger partial charge is 0.308 e. The van der Waals surface area contributed by atoms with Gasteiger partial charge < -0.3 is 5.32 Å². The quantitative estimate of drug-likeness (QED) is 0.893. The molecule has 0 saturated heterocycles. The van der Waals surface area contributed by atoms with E-state index in [9.17, 15) is 8.42 Å². The van der Waals surface area contributed by atoms with Crippen LogP contribution in [0.2, 0.25) is 0 Å². The zero-order valence-corrected chi connectivity index (χ0v) is 15.2. The third-order valence-electron chi connectivity index (χ3n) is 4.34. The van der Waals surface area contributed by atoms with Gasteiger partial charge >= 0.3 is 0 Å². The molecule has 24 heavy (non-hydrogen) atoms. The molecule has 0 radical (unpaired) electrons. The lowest BCUT2D eigenvalue weighted by molar-refractivity contribution is 0.357. The van der Waals surface area contributed by atoms with Crippen LogP contribution in [0.4, 0.5) is 0 Å². The van der Waals surface area contributed by atoms with Crippen LogP contribution < -0.4 is 5.32 Å². The van der Waals surface area contributed by atoms with Crippen LogP contribution in [0.1, 0.15) is 43.4 Å². The van der Waals surface area contributed by atoms with E-state index in [1.807, 2.05) is 16.8 Å². The number of aromatic nitrogens is 3. The van der Waals surface area contributed by atoms with Gasteiger partial charge in [0, 0.05) is 31.2 Å². The van der Waals surface area contributed by atoms with Crippen molar-refractivity contribution in [2.24, 2.45) is 0 Å². The highest BCUT2D eigenvalue weighted by Gasteiger charge is 2.22. The van der Waals surface area contributed by atoms with Crippen LogP contribution in [0.25, 0.3) is 0 Å². The molecule has 1 N–H and O–H groups in total. The summed E-state index contributed by atoms with van der Waals surface area (Å²) in [5.41, 5.74) is 1.08. The molecule has 1 aromatic heterocycles. The number of aryl methyl sites for hydroxylation is 1. The molecular formula is C17H24N4O2S. The third kappa shape index (κ3) is 3.84. The third-order valence-corrected chi connectivity index (χ3v) is 5.47. The van der Waals surface area contributed by atoms with E-state index in [-0.39, 0.29) is 0 Å². The van der Waals surface area contributed by atoms with E-state index in [0.717, 1.165) is 43.1 Å². The Balaban J connectivity index is 1.59. The Morgan fingerprint density at radius 2 is 2.00 bits per heavy atom. The van der Waals surface area contributed by atoms with Crippen molar-refractivity contribution in [3.05, 3.63) is 41.5 Å². The topological polar surface area (TPSA) is 76.9 Å². The maximum absolute atomic E-state index is 11.5. The first-order valence-electron chi connectivity index (χ1n) is 8.29. The molecular weight excluding hydrogens is 324 g/mol. The normalized spacial score (nSPS) is 17.9. The number of hydrogen-bond acceptors (Lipinski definition) is 5. The van der Waals surface area contributed by atoms with Crippen molar-refractivity contribution in [3.8, 4) is 0 Å². The van der Waals surface area contributed by atoms with Gasteiger partial charge in [0.15, 0.2) is 15.7 Å². The van der Waals surface area contributed by atoms with Crippen molar-refractivity contribution in [2.75, 3.05) is 6.26 Å². The Morgan fingerprint density at radius 3 is 2.62 bits per heavy atom. The van der Waals surface area contributed by atoms with Gasteiger partial charge in [-0.05, 0) is 24.1 Å². The first-order chi connectivity index (χ1) is 11.3. The summed E-state index contributed by atoms with van der Waals surface area (Å²) in [6.07, 6.45) is 3.20. The number of rotatable bonds is 5. The highest BCUT2D eigenvalue weighted by molar-refractivity contribution is 7.90. The molecule has 0 unspecified atom stereocenters. The van der Waals surface area contributed by atoms with Crippen LogP contribution in [-0.4, -0.2) is 35.5 Å². The van der Waals surface area contributed by atoms with Gasteiger partial charge in [-0.2, -0.15) is 5.10 Å². The monoisotopic (exact) mass is 348 g/mol. The molecule has 0 bridgehead atoms. The standard InChI is InChI=1S/C17H24N4O2S/c1-12(2)17-19-16-9-6-14(11-21(16)20-17)18-10-13-4-7-15(8-5-13)24(3,22)23/h4-5,7-8,12,14,18H,6,9-11H2,1-3H3/t14-/m0/s1. The molecule has 2 heterocycles. The van der Waals surface area contributed by atoms with Crippen molar-refractivity contribution in [1.29, 1.82) is 0 Å². The average molecular weight is 348 g/mol. The predicted molar refractivity (Wildman–Crippen MR) is 92.6 cm³/mol. The maximum Gasteiger partial charge on any atom is 0.175 e. The van der Waals surface area contributed by atoms with Crippen LogP contribution in [0.15, 0.2) is 29.2 Å². The molecule has 0 spiro atoms. The van der Waals surface area contributed by atoms with Gasteiger partial charge in [-0.3, -0.25) is 0 Å². The van der Waals surface area contributed by atoms with Crippen molar-refractivity contribution in [1.82, 2.24) is 20.1 Å². The fourth-order valence-corrected chi connectivity index (χ4v) is 3.49. The van der Waals surface area contributed by atoms with Gasteiger partial charge in [-0.25, -0.2) is 18.1 Å². The minimum absolute atomic E-state index is 0.350. The summed E-state index contributed by atoms with van der Waals surface area (Å²) in [4.78, 5) is 4.96. The fourth-order valence-electron chi connectivity index (χ4n) is 2.86.